The second-order valence-electron chi connectivity index (χ2n) is 6.94. The molecule has 140 valence electrons. The van der Waals surface area contributed by atoms with Gasteiger partial charge >= 0.3 is 5.97 Å². The van der Waals surface area contributed by atoms with Gasteiger partial charge < -0.3 is 10.4 Å². The third kappa shape index (κ3) is 4.26. The third-order valence-electron chi connectivity index (χ3n) is 5.19. The Labute approximate surface area is 162 Å². The second kappa shape index (κ2) is 8.48. The molecule has 26 heavy (non-hydrogen) atoms. The molecule has 5 nitrogen and oxygen atoms in total. The summed E-state index contributed by atoms with van der Waals surface area (Å²) < 4.78 is 0. The van der Waals surface area contributed by atoms with Crippen LogP contribution in [0, 0.1) is 11.8 Å². The molecule has 1 saturated carbocycles. The largest absolute Gasteiger partial charge is 0.481 e. The van der Waals surface area contributed by atoms with Crippen LogP contribution in [0.2, 0.25) is 0 Å². The first-order valence-corrected chi connectivity index (χ1v) is 10.4. The van der Waals surface area contributed by atoms with Gasteiger partial charge in [-0.1, -0.05) is 36.8 Å². The van der Waals surface area contributed by atoms with E-state index in [4.69, 9.17) is 0 Å². The number of aliphatic carboxylic acids is 1. The zero-order valence-electron chi connectivity index (χ0n) is 14.3. The fourth-order valence-corrected chi connectivity index (χ4v) is 5.68. The molecule has 1 aromatic rings. The van der Waals surface area contributed by atoms with Crippen LogP contribution in [-0.2, 0) is 20.8 Å². The van der Waals surface area contributed by atoms with Crippen LogP contribution in [0.15, 0.2) is 30.3 Å². The summed E-state index contributed by atoms with van der Waals surface area (Å²) >= 11 is 6.00. The van der Waals surface area contributed by atoms with E-state index in [0.717, 1.165) is 18.4 Å². The lowest BCUT2D eigenvalue weighted by molar-refractivity contribution is -0.148. The van der Waals surface area contributed by atoms with Gasteiger partial charge in [0.05, 0.1) is 17.2 Å². The molecule has 1 aromatic carbocycles. The molecule has 2 fully saturated rings. The topological polar surface area (TPSA) is 83.5 Å². The number of hydrogen-bond donors (Lipinski definition) is 3. The molecule has 1 amide bonds. The predicted octanol–water partition coefficient (Wildman–Crippen LogP) is 2.20. The van der Waals surface area contributed by atoms with Crippen LogP contribution >= 0.6 is 24.4 Å². The Morgan fingerprint density at radius 3 is 2.69 bits per heavy atom. The number of Topliss-reactive ketones (excluding diaryl/α,β-unsaturated/α-hetero) is 1. The summed E-state index contributed by atoms with van der Waals surface area (Å²) in [6.45, 7) is 0. The molecular weight excluding hydrogens is 370 g/mol. The summed E-state index contributed by atoms with van der Waals surface area (Å²) in [5, 5.41) is 11.8. The van der Waals surface area contributed by atoms with E-state index in [1.54, 1.807) is 11.8 Å². The lowest BCUT2D eigenvalue weighted by Gasteiger charge is -2.40. The van der Waals surface area contributed by atoms with Crippen molar-refractivity contribution in [1.29, 1.82) is 0 Å². The molecule has 2 N–H and O–H groups in total. The molecule has 0 radical (unpaired) electrons. The SMILES string of the molecule is O=C1C(NC(=O)[C@@H](S)Cc2ccccc2)CS[C@H]2CCC[C@@H](C(=O)O)C12. The van der Waals surface area contributed by atoms with Crippen LogP contribution in [0.25, 0.3) is 0 Å². The first kappa shape index (κ1) is 19.3. The van der Waals surface area contributed by atoms with Crippen molar-refractivity contribution in [3.05, 3.63) is 35.9 Å². The Kier molecular flexibility index (Phi) is 6.29. The van der Waals surface area contributed by atoms with Crippen molar-refractivity contribution < 1.29 is 19.5 Å². The minimum Gasteiger partial charge on any atom is -0.481 e. The number of rotatable bonds is 5. The molecule has 0 aromatic heterocycles. The molecule has 2 aliphatic rings. The Balaban J connectivity index is 1.63. The number of carboxylic acid groups (broad SMARTS) is 1. The van der Waals surface area contributed by atoms with Crippen molar-refractivity contribution in [3.8, 4) is 0 Å². The molecule has 1 aliphatic heterocycles. The number of carbonyl (C=O) groups is 3. The van der Waals surface area contributed by atoms with Gasteiger partial charge in [-0.05, 0) is 24.8 Å². The van der Waals surface area contributed by atoms with Crippen LogP contribution < -0.4 is 5.32 Å². The lowest BCUT2D eigenvalue weighted by atomic mass is 9.74. The van der Waals surface area contributed by atoms with E-state index < -0.39 is 29.1 Å². The molecule has 1 saturated heterocycles. The molecule has 5 atom stereocenters. The zero-order valence-corrected chi connectivity index (χ0v) is 16.0. The highest BCUT2D eigenvalue weighted by Gasteiger charge is 2.47. The van der Waals surface area contributed by atoms with Gasteiger partial charge in [-0.15, -0.1) is 0 Å². The van der Waals surface area contributed by atoms with Crippen molar-refractivity contribution in [2.45, 2.75) is 42.2 Å². The van der Waals surface area contributed by atoms with Gasteiger partial charge in [-0.25, -0.2) is 0 Å². The normalized spacial score (nSPS) is 29.5. The van der Waals surface area contributed by atoms with E-state index in [1.165, 1.54) is 0 Å². The number of benzene rings is 1. The molecule has 1 heterocycles. The maximum atomic E-state index is 12.9. The van der Waals surface area contributed by atoms with Gasteiger partial charge in [0.25, 0.3) is 0 Å². The van der Waals surface area contributed by atoms with Gasteiger partial charge in [-0.3, -0.25) is 14.4 Å². The van der Waals surface area contributed by atoms with Crippen LogP contribution in [0.4, 0.5) is 0 Å². The maximum Gasteiger partial charge on any atom is 0.307 e. The molecular formula is C19H23NO4S2. The summed E-state index contributed by atoms with van der Waals surface area (Å²) in [6.07, 6.45) is 2.72. The maximum absolute atomic E-state index is 12.9. The molecule has 2 unspecified atom stereocenters. The highest BCUT2D eigenvalue weighted by atomic mass is 32.2. The standard InChI is InChI=1S/C19H23NO4S2/c21-17-13(10-26-15-8-4-7-12(16(15)17)19(23)24)20-18(22)14(25)9-11-5-2-1-3-6-11/h1-3,5-6,12-16,25H,4,7-10H2,(H,20,22)(H,23,24)/t12-,13?,14+,15+,16?/m1/s1. The first-order chi connectivity index (χ1) is 12.5. The number of amides is 1. The second-order valence-corrected chi connectivity index (χ2v) is 8.84. The minimum atomic E-state index is -0.906. The summed E-state index contributed by atoms with van der Waals surface area (Å²) in [6, 6.07) is 8.96. The fourth-order valence-electron chi connectivity index (χ4n) is 3.85. The van der Waals surface area contributed by atoms with E-state index in [0.29, 0.717) is 18.6 Å². The van der Waals surface area contributed by atoms with Crippen LogP contribution in [0.3, 0.4) is 0 Å². The first-order valence-electron chi connectivity index (χ1n) is 8.88. The van der Waals surface area contributed by atoms with E-state index in [9.17, 15) is 19.5 Å². The quantitative estimate of drug-likeness (QED) is 0.668. The van der Waals surface area contributed by atoms with Crippen molar-refractivity contribution in [3.63, 3.8) is 0 Å². The van der Waals surface area contributed by atoms with Crippen LogP contribution in [-0.4, -0.2) is 45.1 Å². The molecule has 1 aliphatic carbocycles. The number of nitrogens with one attached hydrogen (secondary N) is 1. The Morgan fingerprint density at radius 2 is 2.00 bits per heavy atom. The van der Waals surface area contributed by atoms with Crippen LogP contribution in [0.1, 0.15) is 24.8 Å². The number of thiol groups is 1. The average molecular weight is 394 g/mol. The van der Waals surface area contributed by atoms with Crippen molar-refractivity contribution in [2.75, 3.05) is 5.75 Å². The highest BCUT2D eigenvalue weighted by molar-refractivity contribution is 8.00. The zero-order chi connectivity index (χ0) is 18.7. The lowest BCUT2D eigenvalue weighted by Crippen LogP contribution is -2.56. The average Bonchev–Trinajstić information content (AvgIpc) is 2.64. The monoisotopic (exact) mass is 393 g/mol. The van der Waals surface area contributed by atoms with E-state index in [-0.39, 0.29) is 16.9 Å². The Bertz CT molecular complexity index is 681. The van der Waals surface area contributed by atoms with E-state index in [1.807, 2.05) is 30.3 Å². The number of fused-ring (bicyclic) bond motifs is 1. The van der Waals surface area contributed by atoms with Gasteiger partial charge in [0, 0.05) is 16.9 Å². The number of thioether (sulfide) groups is 1. The summed E-state index contributed by atoms with van der Waals surface area (Å²) in [4.78, 5) is 36.9. The van der Waals surface area contributed by atoms with E-state index in [2.05, 4.69) is 17.9 Å². The van der Waals surface area contributed by atoms with Crippen LogP contribution in [0.5, 0.6) is 0 Å². The minimum absolute atomic E-state index is 0.0571. The molecule has 0 spiro atoms. The summed E-state index contributed by atoms with van der Waals surface area (Å²) in [5.74, 6) is -1.95. The third-order valence-corrected chi connectivity index (χ3v) is 7.09. The van der Waals surface area contributed by atoms with Gasteiger partial charge in [-0.2, -0.15) is 24.4 Å². The van der Waals surface area contributed by atoms with Crippen molar-refractivity contribution >= 4 is 42.1 Å². The van der Waals surface area contributed by atoms with Crippen molar-refractivity contribution in [1.82, 2.24) is 5.32 Å². The molecule has 0 bridgehead atoms. The molecule has 7 heteroatoms. The van der Waals surface area contributed by atoms with Gasteiger partial charge in [0.2, 0.25) is 5.91 Å². The number of carboxylic acids is 1. The number of hydrogen-bond acceptors (Lipinski definition) is 5. The Morgan fingerprint density at radius 1 is 1.27 bits per heavy atom. The smallest absolute Gasteiger partial charge is 0.307 e. The van der Waals surface area contributed by atoms with Gasteiger partial charge in [0.15, 0.2) is 5.78 Å². The summed E-state index contributed by atoms with van der Waals surface area (Å²) in [5.41, 5.74) is 1.00. The fraction of sp³-hybridized carbons (Fsp3) is 0.526. The molecule has 3 rings (SSSR count). The van der Waals surface area contributed by atoms with Crippen molar-refractivity contribution in [2.24, 2.45) is 11.8 Å². The van der Waals surface area contributed by atoms with E-state index >= 15 is 0 Å². The number of ketones is 1. The van der Waals surface area contributed by atoms with Gasteiger partial charge in [0.1, 0.15) is 0 Å². The summed E-state index contributed by atoms with van der Waals surface area (Å²) in [7, 11) is 0. The predicted molar refractivity (Wildman–Crippen MR) is 105 cm³/mol. The Hall–Kier alpha value is -1.47. The number of carbonyl (C=O) groups excluding carboxylic acids is 2. The highest BCUT2D eigenvalue weighted by Crippen LogP contribution is 2.42.